The van der Waals surface area contributed by atoms with Crippen LogP contribution in [0.25, 0.3) is 0 Å². The summed E-state index contributed by atoms with van der Waals surface area (Å²) in [4.78, 5) is 19.3. The van der Waals surface area contributed by atoms with Crippen LogP contribution in [0.3, 0.4) is 0 Å². The van der Waals surface area contributed by atoms with Crippen molar-refractivity contribution in [1.82, 2.24) is 20.1 Å². The maximum atomic E-state index is 10.8. The molecule has 3 rings (SSSR count). The Balaban J connectivity index is 1.61. The van der Waals surface area contributed by atoms with E-state index in [-0.39, 0.29) is 0 Å². The van der Waals surface area contributed by atoms with Gasteiger partial charge in [0.05, 0.1) is 6.20 Å². The molecule has 7 nitrogen and oxygen atoms in total. The number of carbonyl (C=O) groups excluding carboxylic acids is 1. The number of nitrogens with zero attached hydrogens (tertiary/aromatic N) is 5. The molecule has 2 aliphatic rings. The lowest BCUT2D eigenvalue weighted by molar-refractivity contribution is -0.118. The molecule has 2 heterocycles. The van der Waals surface area contributed by atoms with E-state index in [1.165, 1.54) is 38.5 Å². The standard InChI is InChI=1S/C15H24N6O/c22-12-20-7-9-21(10-8-20)14-11-16-19-15(18-14)17-13-5-3-1-2-4-6-13/h11-13H,1-10H2,(H,17,18,19). The van der Waals surface area contributed by atoms with E-state index >= 15 is 0 Å². The summed E-state index contributed by atoms with van der Waals surface area (Å²) >= 11 is 0. The minimum atomic E-state index is 0.464. The van der Waals surface area contributed by atoms with E-state index in [9.17, 15) is 4.79 Å². The highest BCUT2D eigenvalue weighted by molar-refractivity contribution is 5.49. The van der Waals surface area contributed by atoms with E-state index in [2.05, 4.69) is 25.4 Å². The lowest BCUT2D eigenvalue weighted by atomic mass is 10.1. The van der Waals surface area contributed by atoms with Gasteiger partial charge in [-0.2, -0.15) is 10.1 Å². The first-order valence-electron chi connectivity index (χ1n) is 8.26. The molecule has 0 bridgehead atoms. The summed E-state index contributed by atoms with van der Waals surface area (Å²) in [6, 6.07) is 0.464. The maximum absolute atomic E-state index is 10.8. The average Bonchev–Trinajstić information content (AvgIpc) is 2.84. The molecule has 1 saturated heterocycles. The number of hydrogen-bond acceptors (Lipinski definition) is 6. The summed E-state index contributed by atoms with van der Waals surface area (Å²) in [5, 5.41) is 11.7. The minimum absolute atomic E-state index is 0.464. The van der Waals surface area contributed by atoms with Gasteiger partial charge in [-0.05, 0) is 12.8 Å². The number of nitrogens with one attached hydrogen (secondary N) is 1. The van der Waals surface area contributed by atoms with Crippen LogP contribution in [-0.4, -0.2) is 58.7 Å². The van der Waals surface area contributed by atoms with Crippen LogP contribution in [0.2, 0.25) is 0 Å². The molecule has 1 aromatic rings. The highest BCUT2D eigenvalue weighted by Gasteiger charge is 2.18. The van der Waals surface area contributed by atoms with Gasteiger partial charge in [-0.1, -0.05) is 25.7 Å². The van der Waals surface area contributed by atoms with Crippen molar-refractivity contribution in [1.29, 1.82) is 0 Å². The van der Waals surface area contributed by atoms with Crippen LogP contribution in [0.5, 0.6) is 0 Å². The second-order valence-corrected chi connectivity index (χ2v) is 6.10. The van der Waals surface area contributed by atoms with Crippen LogP contribution in [0.1, 0.15) is 38.5 Å². The van der Waals surface area contributed by atoms with Gasteiger partial charge >= 0.3 is 0 Å². The fourth-order valence-corrected chi connectivity index (χ4v) is 3.17. The molecular weight excluding hydrogens is 280 g/mol. The van der Waals surface area contributed by atoms with Crippen molar-refractivity contribution >= 4 is 18.2 Å². The third kappa shape index (κ3) is 3.84. The first kappa shape index (κ1) is 15.0. The number of anilines is 2. The molecule has 1 aliphatic carbocycles. The number of piperazine rings is 1. The topological polar surface area (TPSA) is 74.2 Å². The summed E-state index contributed by atoms with van der Waals surface area (Å²) < 4.78 is 0. The lowest BCUT2D eigenvalue weighted by Crippen LogP contribution is -2.46. The number of hydrogen-bond donors (Lipinski definition) is 1. The van der Waals surface area contributed by atoms with E-state index in [4.69, 9.17) is 0 Å². The largest absolute Gasteiger partial charge is 0.352 e. The van der Waals surface area contributed by atoms with Crippen molar-refractivity contribution < 1.29 is 4.79 Å². The smallest absolute Gasteiger partial charge is 0.244 e. The van der Waals surface area contributed by atoms with E-state index < -0.39 is 0 Å². The van der Waals surface area contributed by atoms with Gasteiger partial charge < -0.3 is 15.1 Å². The Morgan fingerprint density at radius 3 is 2.50 bits per heavy atom. The molecule has 7 heteroatoms. The van der Waals surface area contributed by atoms with Crippen molar-refractivity contribution in [2.24, 2.45) is 0 Å². The summed E-state index contributed by atoms with van der Waals surface area (Å²) in [6.07, 6.45) is 10.2. The average molecular weight is 304 g/mol. The van der Waals surface area contributed by atoms with Crippen molar-refractivity contribution in [2.45, 2.75) is 44.6 Å². The molecule has 0 radical (unpaired) electrons. The lowest BCUT2D eigenvalue weighted by Gasteiger charge is -2.33. The van der Waals surface area contributed by atoms with Gasteiger partial charge in [-0.15, -0.1) is 5.10 Å². The maximum Gasteiger partial charge on any atom is 0.244 e. The molecule has 2 fully saturated rings. The van der Waals surface area contributed by atoms with Gasteiger partial charge in [0.2, 0.25) is 12.4 Å². The molecule has 1 saturated carbocycles. The number of aromatic nitrogens is 3. The Morgan fingerprint density at radius 1 is 1.09 bits per heavy atom. The predicted octanol–water partition coefficient (Wildman–Crippen LogP) is 1.28. The van der Waals surface area contributed by atoms with Crippen LogP contribution in [0.15, 0.2) is 6.20 Å². The van der Waals surface area contributed by atoms with Crippen LogP contribution in [-0.2, 0) is 4.79 Å². The zero-order valence-corrected chi connectivity index (χ0v) is 12.9. The summed E-state index contributed by atoms with van der Waals surface area (Å²) in [5.41, 5.74) is 0. The normalized spacial score (nSPS) is 20.5. The number of amides is 1. The van der Waals surface area contributed by atoms with Crippen molar-refractivity contribution in [3.05, 3.63) is 6.20 Å². The third-order valence-corrected chi connectivity index (χ3v) is 4.52. The SMILES string of the molecule is O=CN1CCN(c2cnnc(NC3CCCCCC3)n2)CC1. The highest BCUT2D eigenvalue weighted by Crippen LogP contribution is 2.20. The quantitative estimate of drug-likeness (QED) is 0.667. The number of carbonyl (C=O) groups is 1. The van der Waals surface area contributed by atoms with E-state index in [1.807, 2.05) is 0 Å². The van der Waals surface area contributed by atoms with E-state index in [1.54, 1.807) is 11.1 Å². The Hall–Kier alpha value is -1.92. The fraction of sp³-hybridized carbons (Fsp3) is 0.733. The summed E-state index contributed by atoms with van der Waals surface area (Å²) in [7, 11) is 0. The molecular formula is C15H24N6O. The van der Waals surface area contributed by atoms with Crippen LogP contribution >= 0.6 is 0 Å². The Kier molecular flexibility index (Phi) is 5.03. The van der Waals surface area contributed by atoms with Gasteiger partial charge in [0.1, 0.15) is 0 Å². The van der Waals surface area contributed by atoms with Gasteiger partial charge in [0.25, 0.3) is 0 Å². The third-order valence-electron chi connectivity index (χ3n) is 4.52. The molecule has 0 spiro atoms. The fourth-order valence-electron chi connectivity index (χ4n) is 3.17. The zero-order valence-electron chi connectivity index (χ0n) is 12.9. The molecule has 1 N–H and O–H groups in total. The molecule has 120 valence electrons. The first-order chi connectivity index (χ1) is 10.8. The molecule has 1 aromatic heterocycles. The van der Waals surface area contributed by atoms with Crippen LogP contribution in [0.4, 0.5) is 11.8 Å². The van der Waals surface area contributed by atoms with Crippen molar-refractivity contribution in [3.8, 4) is 0 Å². The Labute approximate surface area is 131 Å². The van der Waals surface area contributed by atoms with Gasteiger partial charge in [-0.25, -0.2) is 0 Å². The molecule has 1 aliphatic heterocycles. The molecule has 0 atom stereocenters. The van der Waals surface area contributed by atoms with Gasteiger partial charge in [0, 0.05) is 32.2 Å². The van der Waals surface area contributed by atoms with E-state index in [0.717, 1.165) is 38.4 Å². The van der Waals surface area contributed by atoms with Crippen molar-refractivity contribution in [3.63, 3.8) is 0 Å². The summed E-state index contributed by atoms with van der Waals surface area (Å²) in [6.45, 7) is 3.05. The van der Waals surface area contributed by atoms with Gasteiger partial charge in [0.15, 0.2) is 5.82 Å². The summed E-state index contributed by atoms with van der Waals surface area (Å²) in [5.74, 6) is 1.47. The van der Waals surface area contributed by atoms with E-state index in [0.29, 0.717) is 12.0 Å². The Morgan fingerprint density at radius 2 is 1.82 bits per heavy atom. The van der Waals surface area contributed by atoms with Crippen LogP contribution in [0, 0.1) is 0 Å². The van der Waals surface area contributed by atoms with Crippen molar-refractivity contribution in [2.75, 3.05) is 36.4 Å². The second-order valence-electron chi connectivity index (χ2n) is 6.10. The first-order valence-corrected chi connectivity index (χ1v) is 8.26. The monoisotopic (exact) mass is 304 g/mol. The molecule has 0 aromatic carbocycles. The van der Waals surface area contributed by atoms with Gasteiger partial charge in [-0.3, -0.25) is 4.79 Å². The molecule has 22 heavy (non-hydrogen) atoms. The Bertz CT molecular complexity index is 481. The molecule has 0 unspecified atom stereocenters. The minimum Gasteiger partial charge on any atom is -0.352 e. The predicted molar refractivity (Wildman–Crippen MR) is 84.8 cm³/mol. The van der Waals surface area contributed by atoms with Crippen LogP contribution < -0.4 is 10.2 Å². The zero-order chi connectivity index (χ0) is 15.2. The number of rotatable bonds is 4. The highest BCUT2D eigenvalue weighted by atomic mass is 16.1. The molecule has 1 amide bonds. The second kappa shape index (κ2) is 7.38.